The largest absolute Gasteiger partial charge is 0.508 e. The van der Waals surface area contributed by atoms with E-state index in [2.05, 4.69) is 0 Å². The van der Waals surface area contributed by atoms with Gasteiger partial charge in [0.25, 0.3) is 0 Å². The molecule has 0 bridgehead atoms. The van der Waals surface area contributed by atoms with Crippen LogP contribution in [0.1, 0.15) is 23.1 Å². The van der Waals surface area contributed by atoms with Gasteiger partial charge < -0.3 is 10.2 Å². The summed E-state index contributed by atoms with van der Waals surface area (Å²) in [5.41, 5.74) is 5.37. The van der Waals surface area contributed by atoms with E-state index in [0.717, 1.165) is 12.8 Å². The lowest BCUT2D eigenvalue weighted by Gasteiger charge is -2.36. The van der Waals surface area contributed by atoms with Gasteiger partial charge >= 0.3 is 0 Å². The molecule has 28 heavy (non-hydrogen) atoms. The first-order valence-corrected chi connectivity index (χ1v) is 10.1. The number of hydrogen-bond donors (Lipinski definition) is 2. The number of aromatic hydroxyl groups is 1. The third kappa shape index (κ3) is 3.70. The molecule has 6 heteroatoms. The van der Waals surface area contributed by atoms with Crippen LogP contribution in [0.25, 0.3) is 5.57 Å². The van der Waals surface area contributed by atoms with Crippen LogP contribution in [0.4, 0.5) is 0 Å². The van der Waals surface area contributed by atoms with Crippen LogP contribution in [0.5, 0.6) is 5.75 Å². The standard InChI is InChI=1S/C22H21Cl2NO3/c23-15-3-4-22(28)14(7-15)8-17(27)11-25-6-5-18-19-10-16(24)2-1-13(19)9-20(18)21(25)12-26/h1-4,7,10,21,26,28H,5-6,8-9,11-12H2. The van der Waals surface area contributed by atoms with E-state index in [9.17, 15) is 15.0 Å². The Hall–Kier alpha value is -1.85. The molecule has 0 radical (unpaired) electrons. The average Bonchev–Trinajstić information content (AvgIpc) is 3.02. The van der Waals surface area contributed by atoms with Gasteiger partial charge in [0.05, 0.1) is 19.2 Å². The van der Waals surface area contributed by atoms with Crippen molar-refractivity contribution in [3.8, 4) is 5.75 Å². The number of carbonyl (C=O) groups is 1. The SMILES string of the molecule is O=C(Cc1cc(Cl)ccc1O)CN1CCC2=C(Cc3ccc(Cl)cc32)C1CO. The summed E-state index contributed by atoms with van der Waals surface area (Å²) in [6.45, 7) is 0.893. The second kappa shape index (κ2) is 7.88. The normalized spacial score (nSPS) is 18.9. The first-order valence-electron chi connectivity index (χ1n) is 9.31. The van der Waals surface area contributed by atoms with Crippen molar-refractivity contribution < 1.29 is 15.0 Å². The summed E-state index contributed by atoms with van der Waals surface area (Å²) in [5, 5.41) is 21.2. The van der Waals surface area contributed by atoms with Crippen molar-refractivity contribution >= 4 is 34.6 Å². The summed E-state index contributed by atoms with van der Waals surface area (Å²) in [6, 6.07) is 10.5. The number of hydrogen-bond acceptors (Lipinski definition) is 4. The maximum atomic E-state index is 12.6. The third-order valence-electron chi connectivity index (χ3n) is 5.64. The fourth-order valence-electron chi connectivity index (χ4n) is 4.32. The van der Waals surface area contributed by atoms with Crippen molar-refractivity contribution in [2.45, 2.75) is 25.3 Å². The number of phenolic OH excluding ortho intramolecular Hbond substituents is 1. The molecule has 2 aromatic rings. The third-order valence-corrected chi connectivity index (χ3v) is 6.11. The molecule has 2 aromatic carbocycles. The highest BCUT2D eigenvalue weighted by atomic mass is 35.5. The van der Waals surface area contributed by atoms with Crippen molar-refractivity contribution in [2.75, 3.05) is 19.7 Å². The van der Waals surface area contributed by atoms with E-state index in [1.165, 1.54) is 28.3 Å². The molecule has 0 saturated carbocycles. The number of Topliss-reactive ketones (excluding diaryl/α,β-unsaturated/α-hetero) is 1. The van der Waals surface area contributed by atoms with E-state index >= 15 is 0 Å². The van der Waals surface area contributed by atoms with Crippen molar-refractivity contribution in [3.63, 3.8) is 0 Å². The Morgan fingerprint density at radius 2 is 1.89 bits per heavy atom. The molecular weight excluding hydrogens is 397 g/mol. The summed E-state index contributed by atoms with van der Waals surface area (Å²) in [5.74, 6) is 0.0573. The molecule has 4 nitrogen and oxygen atoms in total. The lowest BCUT2D eigenvalue weighted by molar-refractivity contribution is -0.120. The highest BCUT2D eigenvalue weighted by molar-refractivity contribution is 6.31. The Kier molecular flexibility index (Phi) is 5.48. The van der Waals surface area contributed by atoms with Gasteiger partial charge in [0, 0.05) is 28.6 Å². The minimum absolute atomic E-state index is 0.0152. The predicted molar refractivity (Wildman–Crippen MR) is 111 cm³/mol. The first kappa shape index (κ1) is 19.5. The lowest BCUT2D eigenvalue weighted by atomic mass is 9.92. The molecule has 2 N–H and O–H groups in total. The molecule has 0 aromatic heterocycles. The van der Waals surface area contributed by atoms with Gasteiger partial charge in [-0.1, -0.05) is 29.3 Å². The van der Waals surface area contributed by atoms with Crippen molar-refractivity contribution in [1.29, 1.82) is 0 Å². The second-order valence-electron chi connectivity index (χ2n) is 7.39. The van der Waals surface area contributed by atoms with Crippen molar-refractivity contribution in [3.05, 3.63) is 68.7 Å². The number of aliphatic hydroxyl groups excluding tert-OH is 1. The number of phenols is 1. The van der Waals surface area contributed by atoms with E-state index in [4.69, 9.17) is 23.2 Å². The Morgan fingerprint density at radius 3 is 2.68 bits per heavy atom. The number of nitrogens with zero attached hydrogens (tertiary/aromatic N) is 1. The number of rotatable bonds is 5. The second-order valence-corrected chi connectivity index (χ2v) is 8.26. The van der Waals surface area contributed by atoms with Crippen LogP contribution < -0.4 is 0 Å². The zero-order chi connectivity index (χ0) is 19.8. The summed E-state index contributed by atoms with van der Waals surface area (Å²) in [7, 11) is 0. The fraction of sp³-hybridized carbons (Fsp3) is 0.318. The van der Waals surface area contributed by atoms with Crippen molar-refractivity contribution in [1.82, 2.24) is 4.90 Å². The number of benzene rings is 2. The molecule has 1 heterocycles. The highest BCUT2D eigenvalue weighted by Gasteiger charge is 2.35. The molecule has 0 spiro atoms. The van der Waals surface area contributed by atoms with Gasteiger partial charge in [0.1, 0.15) is 5.75 Å². The van der Waals surface area contributed by atoms with Crippen LogP contribution in [0.15, 0.2) is 42.0 Å². The van der Waals surface area contributed by atoms with Gasteiger partial charge in [-0.3, -0.25) is 9.69 Å². The van der Waals surface area contributed by atoms with Gasteiger partial charge in [0.2, 0.25) is 0 Å². The van der Waals surface area contributed by atoms with E-state index in [-0.39, 0.29) is 37.1 Å². The molecule has 4 rings (SSSR count). The number of fused-ring (bicyclic) bond motifs is 2. The molecule has 1 atom stereocenters. The van der Waals surface area contributed by atoms with Crippen LogP contribution in [0, 0.1) is 0 Å². The quantitative estimate of drug-likeness (QED) is 0.774. The molecule has 1 unspecified atom stereocenters. The van der Waals surface area contributed by atoms with Gasteiger partial charge in [-0.15, -0.1) is 0 Å². The minimum Gasteiger partial charge on any atom is -0.508 e. The number of ketones is 1. The van der Waals surface area contributed by atoms with Crippen molar-refractivity contribution in [2.24, 2.45) is 0 Å². The van der Waals surface area contributed by atoms with E-state index in [1.54, 1.807) is 12.1 Å². The average molecular weight is 418 g/mol. The van der Waals surface area contributed by atoms with Gasteiger partial charge in [0.15, 0.2) is 5.78 Å². The molecule has 1 aliphatic heterocycles. The molecular formula is C22H21Cl2NO3. The zero-order valence-corrected chi connectivity index (χ0v) is 16.8. The molecule has 1 aliphatic carbocycles. The molecule has 146 valence electrons. The van der Waals surface area contributed by atoms with E-state index in [0.29, 0.717) is 22.2 Å². The van der Waals surface area contributed by atoms with Crippen LogP contribution in [0.2, 0.25) is 10.0 Å². The fourth-order valence-corrected chi connectivity index (χ4v) is 4.69. The summed E-state index contributed by atoms with van der Waals surface area (Å²) < 4.78 is 0. The summed E-state index contributed by atoms with van der Waals surface area (Å²) in [6.07, 6.45) is 1.73. The molecule has 0 fully saturated rings. The van der Waals surface area contributed by atoms with Gasteiger partial charge in [-0.05, 0) is 65.4 Å². The minimum atomic E-state index is -0.174. The Morgan fingerprint density at radius 1 is 1.14 bits per heavy atom. The monoisotopic (exact) mass is 417 g/mol. The summed E-state index contributed by atoms with van der Waals surface area (Å²) in [4.78, 5) is 14.7. The zero-order valence-electron chi connectivity index (χ0n) is 15.3. The molecule has 0 saturated heterocycles. The summed E-state index contributed by atoms with van der Waals surface area (Å²) >= 11 is 12.1. The Balaban J connectivity index is 1.50. The van der Waals surface area contributed by atoms with E-state index < -0.39 is 0 Å². The van der Waals surface area contributed by atoms with Crippen LogP contribution in [-0.4, -0.2) is 46.6 Å². The smallest absolute Gasteiger partial charge is 0.151 e. The Bertz CT molecular complexity index is 970. The van der Waals surface area contributed by atoms with Gasteiger partial charge in [-0.2, -0.15) is 0 Å². The highest BCUT2D eigenvalue weighted by Crippen LogP contribution is 2.41. The van der Waals surface area contributed by atoms with Crippen LogP contribution in [0.3, 0.4) is 0 Å². The van der Waals surface area contributed by atoms with Crippen LogP contribution >= 0.6 is 23.2 Å². The number of halogens is 2. The predicted octanol–water partition coefficient (Wildman–Crippen LogP) is 3.89. The number of aliphatic hydroxyl groups is 1. The first-order chi connectivity index (χ1) is 13.5. The maximum Gasteiger partial charge on any atom is 0.151 e. The van der Waals surface area contributed by atoms with Gasteiger partial charge in [-0.25, -0.2) is 0 Å². The molecule has 0 amide bonds. The topological polar surface area (TPSA) is 60.8 Å². The lowest BCUT2D eigenvalue weighted by Crippen LogP contribution is -2.45. The molecule has 2 aliphatic rings. The Labute approximate surface area is 174 Å². The van der Waals surface area contributed by atoms with E-state index in [1.807, 2.05) is 23.1 Å². The van der Waals surface area contributed by atoms with Crippen LogP contribution in [-0.2, 0) is 17.6 Å². The number of carbonyl (C=O) groups excluding carboxylic acids is 1. The maximum absolute atomic E-state index is 12.6.